The highest BCUT2D eigenvalue weighted by molar-refractivity contribution is 7.14. The second-order valence-electron chi connectivity index (χ2n) is 5.46. The molecular weight excluding hydrogens is 372 g/mol. The number of ether oxygens (including phenoxy) is 1. The molecular formula is C19H15ClN2O3S. The summed E-state index contributed by atoms with van der Waals surface area (Å²) in [5.41, 5.74) is 1.66. The minimum Gasteiger partial charge on any atom is -0.488 e. The number of benzene rings is 2. The predicted molar refractivity (Wildman–Crippen MR) is 102 cm³/mol. The molecule has 0 saturated heterocycles. The van der Waals surface area contributed by atoms with Crippen molar-refractivity contribution in [3.05, 3.63) is 75.8 Å². The smallest absolute Gasteiger partial charge is 0.261 e. The van der Waals surface area contributed by atoms with Gasteiger partial charge in [-0.15, -0.1) is 11.3 Å². The van der Waals surface area contributed by atoms with E-state index in [2.05, 4.69) is 10.3 Å². The highest BCUT2D eigenvalue weighted by Crippen LogP contribution is 2.23. The van der Waals surface area contributed by atoms with Crippen molar-refractivity contribution in [2.75, 3.05) is 5.32 Å². The van der Waals surface area contributed by atoms with Crippen LogP contribution < -0.4 is 10.1 Å². The summed E-state index contributed by atoms with van der Waals surface area (Å²) in [7, 11) is 0. The van der Waals surface area contributed by atoms with Crippen LogP contribution in [-0.4, -0.2) is 16.7 Å². The number of amides is 1. The van der Waals surface area contributed by atoms with Crippen molar-refractivity contribution < 1.29 is 14.3 Å². The van der Waals surface area contributed by atoms with Gasteiger partial charge in [0.25, 0.3) is 5.91 Å². The molecule has 0 radical (unpaired) electrons. The number of nitrogens with zero attached hydrogens (tertiary/aromatic N) is 1. The van der Waals surface area contributed by atoms with E-state index in [9.17, 15) is 9.59 Å². The molecule has 3 rings (SSSR count). The second kappa shape index (κ2) is 8.12. The number of hydrogen-bond donors (Lipinski definition) is 1. The van der Waals surface area contributed by atoms with E-state index in [0.717, 1.165) is 5.56 Å². The molecule has 1 amide bonds. The van der Waals surface area contributed by atoms with Gasteiger partial charge in [-0.3, -0.25) is 14.9 Å². The fourth-order valence-electron chi connectivity index (χ4n) is 2.18. The molecule has 132 valence electrons. The van der Waals surface area contributed by atoms with E-state index < -0.39 is 0 Å². The molecule has 0 saturated carbocycles. The fraction of sp³-hybridized carbons (Fsp3) is 0.105. The molecule has 1 heterocycles. The standard InChI is InChI=1S/C19H15ClN2O3S/c1-12(23)16-11-26-19(21-16)22-18(24)15-4-2-3-5-17(15)25-10-13-6-8-14(20)9-7-13/h2-9,11H,10H2,1H3,(H,21,22,24). The maximum Gasteiger partial charge on any atom is 0.261 e. The van der Waals surface area contributed by atoms with Gasteiger partial charge >= 0.3 is 0 Å². The molecule has 2 aromatic carbocycles. The summed E-state index contributed by atoms with van der Waals surface area (Å²) in [6, 6.07) is 14.3. The highest BCUT2D eigenvalue weighted by atomic mass is 35.5. The summed E-state index contributed by atoms with van der Waals surface area (Å²) in [5.74, 6) is -0.0297. The molecule has 0 spiro atoms. The van der Waals surface area contributed by atoms with E-state index >= 15 is 0 Å². The quantitative estimate of drug-likeness (QED) is 0.616. The van der Waals surface area contributed by atoms with Crippen molar-refractivity contribution >= 4 is 39.8 Å². The van der Waals surface area contributed by atoms with Crippen molar-refractivity contribution in [1.29, 1.82) is 0 Å². The molecule has 0 aliphatic rings. The molecule has 1 aromatic heterocycles. The third kappa shape index (κ3) is 4.47. The molecule has 1 N–H and O–H groups in total. The van der Waals surface area contributed by atoms with Crippen molar-refractivity contribution in [3.63, 3.8) is 0 Å². The van der Waals surface area contributed by atoms with Crippen LogP contribution in [0.5, 0.6) is 5.75 Å². The van der Waals surface area contributed by atoms with Gasteiger partial charge in [-0.1, -0.05) is 35.9 Å². The first kappa shape index (κ1) is 18.1. The Morgan fingerprint density at radius 2 is 1.88 bits per heavy atom. The van der Waals surface area contributed by atoms with Gasteiger partial charge in [0.15, 0.2) is 10.9 Å². The lowest BCUT2D eigenvalue weighted by atomic mass is 10.2. The Kier molecular flexibility index (Phi) is 5.65. The van der Waals surface area contributed by atoms with Crippen LogP contribution in [-0.2, 0) is 6.61 Å². The Hall–Kier alpha value is -2.70. The lowest BCUT2D eigenvalue weighted by Gasteiger charge is -2.11. The van der Waals surface area contributed by atoms with Crippen molar-refractivity contribution in [3.8, 4) is 5.75 Å². The van der Waals surface area contributed by atoms with Crippen LogP contribution in [0.2, 0.25) is 5.02 Å². The SMILES string of the molecule is CC(=O)c1csc(NC(=O)c2ccccc2OCc2ccc(Cl)cc2)n1. The normalized spacial score (nSPS) is 10.4. The lowest BCUT2D eigenvalue weighted by molar-refractivity contribution is 0.100. The first-order valence-corrected chi connectivity index (χ1v) is 9.03. The summed E-state index contributed by atoms with van der Waals surface area (Å²) < 4.78 is 5.79. The summed E-state index contributed by atoms with van der Waals surface area (Å²) >= 11 is 7.08. The Morgan fingerprint density at radius 1 is 1.15 bits per heavy atom. The van der Waals surface area contributed by atoms with Crippen LogP contribution in [0.4, 0.5) is 5.13 Å². The molecule has 0 aliphatic carbocycles. The van der Waals surface area contributed by atoms with E-state index in [0.29, 0.717) is 33.8 Å². The topological polar surface area (TPSA) is 68.3 Å². The number of carbonyl (C=O) groups is 2. The van der Waals surface area contributed by atoms with E-state index in [1.807, 2.05) is 12.1 Å². The van der Waals surface area contributed by atoms with Crippen molar-refractivity contribution in [2.24, 2.45) is 0 Å². The maximum absolute atomic E-state index is 12.5. The van der Waals surface area contributed by atoms with Gasteiger partial charge < -0.3 is 4.74 Å². The average Bonchev–Trinajstić information content (AvgIpc) is 3.10. The third-order valence-corrected chi connectivity index (χ3v) is 4.53. The molecule has 0 atom stereocenters. The number of anilines is 1. The fourth-order valence-corrected chi connectivity index (χ4v) is 3.05. The number of carbonyl (C=O) groups excluding carboxylic acids is 2. The van der Waals surface area contributed by atoms with Crippen LogP contribution in [0.1, 0.15) is 33.3 Å². The number of aromatic nitrogens is 1. The Bertz CT molecular complexity index is 938. The Balaban J connectivity index is 1.71. The third-order valence-electron chi connectivity index (χ3n) is 3.52. The molecule has 5 nitrogen and oxygen atoms in total. The zero-order chi connectivity index (χ0) is 18.5. The molecule has 0 bridgehead atoms. The zero-order valence-electron chi connectivity index (χ0n) is 13.9. The van der Waals surface area contributed by atoms with E-state index in [-0.39, 0.29) is 11.7 Å². The molecule has 7 heteroatoms. The number of thiazole rings is 1. The zero-order valence-corrected chi connectivity index (χ0v) is 15.4. The molecule has 0 fully saturated rings. The van der Waals surface area contributed by atoms with Crippen LogP contribution >= 0.6 is 22.9 Å². The van der Waals surface area contributed by atoms with Crippen LogP contribution in [0.15, 0.2) is 53.9 Å². The van der Waals surface area contributed by atoms with Gasteiger partial charge in [0, 0.05) is 17.3 Å². The van der Waals surface area contributed by atoms with Gasteiger partial charge in [-0.05, 0) is 29.8 Å². The highest BCUT2D eigenvalue weighted by Gasteiger charge is 2.15. The first-order chi connectivity index (χ1) is 12.5. The monoisotopic (exact) mass is 386 g/mol. The summed E-state index contributed by atoms with van der Waals surface area (Å²) in [4.78, 5) is 27.9. The largest absolute Gasteiger partial charge is 0.488 e. The van der Waals surface area contributed by atoms with Crippen LogP contribution in [0.25, 0.3) is 0 Å². The number of nitrogens with one attached hydrogen (secondary N) is 1. The summed E-state index contributed by atoms with van der Waals surface area (Å²) in [6.45, 7) is 1.74. The molecule has 0 unspecified atom stereocenters. The van der Waals surface area contributed by atoms with Crippen molar-refractivity contribution in [2.45, 2.75) is 13.5 Å². The van der Waals surface area contributed by atoms with E-state index in [4.69, 9.17) is 16.3 Å². The number of ketones is 1. The van der Waals surface area contributed by atoms with Gasteiger partial charge in [0.1, 0.15) is 18.1 Å². The van der Waals surface area contributed by atoms with Gasteiger partial charge in [0.05, 0.1) is 5.56 Å². The molecule has 3 aromatic rings. The number of rotatable bonds is 6. The van der Waals surface area contributed by atoms with Gasteiger partial charge in [-0.2, -0.15) is 0 Å². The number of hydrogen-bond acceptors (Lipinski definition) is 5. The Morgan fingerprint density at radius 3 is 2.58 bits per heavy atom. The minimum atomic E-state index is -0.346. The number of para-hydroxylation sites is 1. The summed E-state index contributed by atoms with van der Waals surface area (Å²) in [6.07, 6.45) is 0. The van der Waals surface area contributed by atoms with Crippen molar-refractivity contribution in [1.82, 2.24) is 4.98 Å². The first-order valence-electron chi connectivity index (χ1n) is 7.77. The number of Topliss-reactive ketones (excluding diaryl/α,β-unsaturated/α-hetero) is 1. The van der Waals surface area contributed by atoms with Crippen LogP contribution in [0.3, 0.4) is 0 Å². The van der Waals surface area contributed by atoms with Crippen LogP contribution in [0, 0.1) is 0 Å². The molecule has 0 aliphatic heterocycles. The number of halogens is 1. The minimum absolute atomic E-state index is 0.145. The Labute approximate surface area is 159 Å². The summed E-state index contributed by atoms with van der Waals surface area (Å²) in [5, 5.41) is 5.33. The maximum atomic E-state index is 12.5. The molecule has 26 heavy (non-hydrogen) atoms. The lowest BCUT2D eigenvalue weighted by Crippen LogP contribution is -2.13. The van der Waals surface area contributed by atoms with E-state index in [1.165, 1.54) is 18.3 Å². The second-order valence-corrected chi connectivity index (χ2v) is 6.75. The van der Waals surface area contributed by atoms with Gasteiger partial charge in [-0.25, -0.2) is 4.98 Å². The van der Waals surface area contributed by atoms with E-state index in [1.54, 1.807) is 41.8 Å². The average molecular weight is 387 g/mol. The predicted octanol–water partition coefficient (Wildman–Crippen LogP) is 4.83. The van der Waals surface area contributed by atoms with Gasteiger partial charge in [0.2, 0.25) is 0 Å².